The van der Waals surface area contributed by atoms with Crippen molar-refractivity contribution >= 4 is 12.4 Å². The van der Waals surface area contributed by atoms with Crippen LogP contribution in [0.4, 0.5) is 0 Å². The Balaban J connectivity index is 0.00000225. The molecule has 4 nitrogen and oxygen atoms in total. The summed E-state index contributed by atoms with van der Waals surface area (Å²) in [7, 11) is 0. The first-order valence-corrected chi connectivity index (χ1v) is 8.63. The van der Waals surface area contributed by atoms with Crippen molar-refractivity contribution in [2.75, 3.05) is 0 Å². The van der Waals surface area contributed by atoms with E-state index < -0.39 is 6.10 Å². The van der Waals surface area contributed by atoms with Crippen LogP contribution in [0.3, 0.4) is 0 Å². The Hall–Kier alpha value is -1.75. The summed E-state index contributed by atoms with van der Waals surface area (Å²) in [6.45, 7) is 0. The van der Waals surface area contributed by atoms with E-state index in [9.17, 15) is 15.3 Å². The van der Waals surface area contributed by atoms with Gasteiger partial charge in [0, 0.05) is 18.2 Å². The van der Waals surface area contributed by atoms with Crippen LogP contribution in [0, 0.1) is 0 Å². The number of piperidine rings is 1. The van der Waals surface area contributed by atoms with Crippen molar-refractivity contribution in [2.24, 2.45) is 0 Å². The summed E-state index contributed by atoms with van der Waals surface area (Å²) in [6.07, 6.45) is 4.40. The maximum absolute atomic E-state index is 10.6. The molecule has 1 heterocycles. The molecule has 0 aliphatic carbocycles. The average Bonchev–Trinajstić information content (AvgIpc) is 2.59. The zero-order chi connectivity index (χ0) is 16.9. The smallest absolute Gasteiger partial charge is 0.119 e. The molecule has 1 aliphatic rings. The van der Waals surface area contributed by atoms with E-state index in [0.29, 0.717) is 11.6 Å². The maximum atomic E-state index is 10.6. The van der Waals surface area contributed by atoms with E-state index in [4.69, 9.17) is 0 Å². The summed E-state index contributed by atoms with van der Waals surface area (Å²) >= 11 is 0. The van der Waals surface area contributed by atoms with E-state index in [1.165, 1.54) is 23.8 Å². The molecular weight excluding hydrogens is 338 g/mol. The molecule has 3 rings (SSSR count). The summed E-state index contributed by atoms with van der Waals surface area (Å²) in [5.74, 6) is -0.0547. The van der Waals surface area contributed by atoms with Crippen LogP contribution in [-0.2, 0) is 6.42 Å². The fourth-order valence-corrected chi connectivity index (χ4v) is 3.54. The topological polar surface area (TPSA) is 72.7 Å². The lowest BCUT2D eigenvalue weighted by molar-refractivity contribution is 0.0995. The molecule has 0 bridgehead atoms. The third kappa shape index (κ3) is 5.36. The Morgan fingerprint density at radius 2 is 1.68 bits per heavy atom. The Morgan fingerprint density at radius 1 is 1.00 bits per heavy atom. The van der Waals surface area contributed by atoms with Gasteiger partial charge in [0.25, 0.3) is 0 Å². The minimum Gasteiger partial charge on any atom is -0.508 e. The van der Waals surface area contributed by atoms with E-state index in [1.54, 1.807) is 0 Å². The second kappa shape index (κ2) is 9.09. The molecule has 1 aliphatic heterocycles. The highest BCUT2D eigenvalue weighted by Crippen LogP contribution is 2.30. The lowest BCUT2D eigenvalue weighted by Gasteiger charge is -2.34. The number of benzene rings is 2. The van der Waals surface area contributed by atoms with Gasteiger partial charge in [-0.15, -0.1) is 12.4 Å². The standard InChI is InChI=1S/C20H25NO3.ClH/c22-17-11-15(12-18(23)13-17)20(24)19-8-4-7-16(21-19)10-9-14-5-2-1-3-6-14;/h1-3,5-6,11-13,16,19-24H,4,7-10H2;1H. The van der Waals surface area contributed by atoms with Crippen molar-refractivity contribution < 1.29 is 15.3 Å². The Kier molecular flexibility index (Phi) is 7.12. The number of phenolic OH excluding ortho intramolecular Hbond substituents is 2. The lowest BCUT2D eigenvalue weighted by atomic mass is 9.89. The Bertz CT molecular complexity index is 645. The predicted molar refractivity (Wildman–Crippen MR) is 101 cm³/mol. The quantitative estimate of drug-likeness (QED) is 0.653. The maximum Gasteiger partial charge on any atom is 0.119 e. The number of halogens is 1. The van der Waals surface area contributed by atoms with Crippen LogP contribution in [0.5, 0.6) is 11.5 Å². The van der Waals surface area contributed by atoms with Gasteiger partial charge in [-0.25, -0.2) is 0 Å². The summed E-state index contributed by atoms with van der Waals surface area (Å²) < 4.78 is 0. The zero-order valence-electron chi connectivity index (χ0n) is 14.1. The van der Waals surface area contributed by atoms with Gasteiger partial charge in [0.1, 0.15) is 11.5 Å². The van der Waals surface area contributed by atoms with Gasteiger partial charge in [0.05, 0.1) is 6.10 Å². The lowest BCUT2D eigenvalue weighted by Crippen LogP contribution is -2.45. The van der Waals surface area contributed by atoms with E-state index >= 15 is 0 Å². The van der Waals surface area contributed by atoms with Gasteiger partial charge in [0.15, 0.2) is 0 Å². The molecular formula is C20H26ClNO3. The first-order chi connectivity index (χ1) is 11.6. The molecule has 4 N–H and O–H groups in total. The summed E-state index contributed by atoms with van der Waals surface area (Å²) in [4.78, 5) is 0. The first kappa shape index (κ1) is 19.6. The van der Waals surface area contributed by atoms with Crippen LogP contribution in [-0.4, -0.2) is 27.4 Å². The van der Waals surface area contributed by atoms with Crippen LogP contribution in [0.2, 0.25) is 0 Å². The first-order valence-electron chi connectivity index (χ1n) is 8.63. The Morgan fingerprint density at radius 3 is 2.36 bits per heavy atom. The SMILES string of the molecule is Cl.Oc1cc(O)cc(C(O)C2CCCC(CCc3ccccc3)N2)c1. The van der Waals surface area contributed by atoms with Gasteiger partial charge >= 0.3 is 0 Å². The van der Waals surface area contributed by atoms with Gasteiger partial charge in [0.2, 0.25) is 0 Å². The minimum atomic E-state index is -0.734. The third-order valence-electron chi connectivity index (χ3n) is 4.79. The molecule has 25 heavy (non-hydrogen) atoms. The highest BCUT2D eigenvalue weighted by Gasteiger charge is 2.27. The van der Waals surface area contributed by atoms with Crippen LogP contribution in [0.1, 0.15) is 42.9 Å². The van der Waals surface area contributed by atoms with Crippen molar-refractivity contribution in [1.29, 1.82) is 0 Å². The van der Waals surface area contributed by atoms with Gasteiger partial charge in [-0.05, 0) is 48.9 Å². The molecule has 1 saturated heterocycles. The predicted octanol–water partition coefficient (Wildman–Crippen LogP) is 3.70. The largest absolute Gasteiger partial charge is 0.508 e. The number of rotatable bonds is 5. The molecule has 0 saturated carbocycles. The number of aromatic hydroxyl groups is 2. The molecule has 2 aromatic rings. The Labute approximate surface area is 154 Å². The molecule has 1 fully saturated rings. The van der Waals surface area contributed by atoms with Crippen LogP contribution in [0.15, 0.2) is 48.5 Å². The third-order valence-corrected chi connectivity index (χ3v) is 4.79. The number of hydrogen-bond acceptors (Lipinski definition) is 4. The van der Waals surface area contributed by atoms with Gasteiger partial charge < -0.3 is 20.6 Å². The van der Waals surface area contributed by atoms with E-state index in [-0.39, 0.29) is 29.9 Å². The number of aliphatic hydroxyl groups excluding tert-OH is 1. The molecule has 0 amide bonds. The van der Waals surface area contributed by atoms with Crippen molar-refractivity contribution in [1.82, 2.24) is 5.32 Å². The van der Waals surface area contributed by atoms with Crippen LogP contribution in [0.25, 0.3) is 0 Å². The molecule has 136 valence electrons. The zero-order valence-corrected chi connectivity index (χ0v) is 15.0. The van der Waals surface area contributed by atoms with Crippen molar-refractivity contribution in [2.45, 2.75) is 50.3 Å². The number of phenols is 2. The van der Waals surface area contributed by atoms with Crippen LogP contribution < -0.4 is 5.32 Å². The summed E-state index contributed by atoms with van der Waals surface area (Å²) in [5, 5.41) is 33.4. The van der Waals surface area contributed by atoms with Gasteiger partial charge in [-0.2, -0.15) is 0 Å². The second-order valence-corrected chi connectivity index (χ2v) is 6.65. The van der Waals surface area contributed by atoms with Crippen LogP contribution >= 0.6 is 12.4 Å². The van der Waals surface area contributed by atoms with Crippen molar-refractivity contribution in [3.05, 3.63) is 59.7 Å². The average molecular weight is 364 g/mol. The van der Waals surface area contributed by atoms with Crippen molar-refractivity contribution in [3.8, 4) is 11.5 Å². The molecule has 0 aromatic heterocycles. The number of aryl methyl sites for hydroxylation is 1. The normalized spacial score (nSPS) is 21.3. The molecule has 3 atom stereocenters. The summed E-state index contributed by atoms with van der Waals surface area (Å²) in [6, 6.07) is 15.1. The van der Waals surface area contributed by atoms with Crippen molar-refractivity contribution in [3.63, 3.8) is 0 Å². The van der Waals surface area contributed by atoms with E-state index in [1.807, 2.05) is 6.07 Å². The molecule has 3 unspecified atom stereocenters. The number of hydrogen-bond donors (Lipinski definition) is 4. The molecule has 0 radical (unpaired) electrons. The van der Waals surface area contributed by atoms with E-state index in [2.05, 4.69) is 29.6 Å². The number of nitrogens with one attached hydrogen (secondary N) is 1. The fraction of sp³-hybridized carbons (Fsp3) is 0.400. The molecule has 5 heteroatoms. The van der Waals surface area contributed by atoms with E-state index in [0.717, 1.165) is 32.1 Å². The highest BCUT2D eigenvalue weighted by molar-refractivity contribution is 5.85. The molecule has 0 spiro atoms. The minimum absolute atomic E-state index is 0. The molecule has 2 aromatic carbocycles. The van der Waals surface area contributed by atoms with Gasteiger partial charge in [-0.1, -0.05) is 36.8 Å². The fourth-order valence-electron chi connectivity index (χ4n) is 3.54. The second-order valence-electron chi connectivity index (χ2n) is 6.65. The number of aliphatic hydroxyl groups is 1. The monoisotopic (exact) mass is 363 g/mol. The highest BCUT2D eigenvalue weighted by atomic mass is 35.5. The van der Waals surface area contributed by atoms with Gasteiger partial charge in [-0.3, -0.25) is 0 Å². The summed E-state index contributed by atoms with van der Waals surface area (Å²) in [5.41, 5.74) is 1.88.